The van der Waals surface area contributed by atoms with Gasteiger partial charge in [0, 0.05) is 19.0 Å². The molecule has 4 nitrogen and oxygen atoms in total. The molecule has 1 N–H and O–H groups in total. The predicted octanol–water partition coefficient (Wildman–Crippen LogP) is 3.38. The number of amides is 1. The van der Waals surface area contributed by atoms with Gasteiger partial charge in [0.1, 0.15) is 0 Å². The molecule has 5 heteroatoms. The van der Waals surface area contributed by atoms with E-state index in [-0.39, 0.29) is 18.1 Å². The molecule has 0 spiro atoms. The van der Waals surface area contributed by atoms with Crippen molar-refractivity contribution >= 4 is 27.5 Å². The number of aromatic nitrogens is 1. The molecule has 1 amide bonds. The quantitative estimate of drug-likeness (QED) is 0.882. The van der Waals surface area contributed by atoms with E-state index >= 15 is 0 Å². The third-order valence-corrected chi connectivity index (χ3v) is 5.53. The molecule has 0 saturated carbocycles. The minimum atomic E-state index is -0.337. The van der Waals surface area contributed by atoms with E-state index < -0.39 is 0 Å². The number of aliphatic hydroxyl groups excluding tert-OH is 1. The lowest BCUT2D eigenvalue weighted by Gasteiger charge is -2.25. The average Bonchev–Trinajstić information content (AvgIpc) is 3.12. The van der Waals surface area contributed by atoms with Crippen molar-refractivity contribution in [1.82, 2.24) is 9.88 Å². The van der Waals surface area contributed by atoms with Gasteiger partial charge in [-0.15, -0.1) is 11.3 Å². The van der Waals surface area contributed by atoms with E-state index in [9.17, 15) is 9.90 Å². The SMILES string of the molecule is CC(O)CC1CCCN1C(=O)CCCc1nc2ccccc2s1. The third kappa shape index (κ3) is 4.09. The van der Waals surface area contributed by atoms with Gasteiger partial charge in [0.05, 0.1) is 21.3 Å². The first kappa shape index (κ1) is 16.4. The summed E-state index contributed by atoms with van der Waals surface area (Å²) in [4.78, 5) is 19.0. The van der Waals surface area contributed by atoms with Crippen LogP contribution in [0.3, 0.4) is 0 Å². The zero-order valence-corrected chi connectivity index (χ0v) is 14.4. The van der Waals surface area contributed by atoms with E-state index in [1.54, 1.807) is 18.3 Å². The number of carbonyl (C=O) groups excluding carboxylic acids is 1. The second kappa shape index (κ2) is 7.41. The Labute approximate surface area is 141 Å². The number of aliphatic hydroxyl groups is 1. The van der Waals surface area contributed by atoms with E-state index in [0.717, 1.165) is 42.8 Å². The van der Waals surface area contributed by atoms with Crippen LogP contribution >= 0.6 is 11.3 Å². The number of nitrogens with zero attached hydrogens (tertiary/aromatic N) is 2. The maximum absolute atomic E-state index is 12.4. The molecular weight excluding hydrogens is 308 g/mol. The summed E-state index contributed by atoms with van der Waals surface area (Å²) in [5, 5.41) is 10.7. The number of thiazole rings is 1. The monoisotopic (exact) mass is 332 g/mol. The molecule has 1 aromatic carbocycles. The van der Waals surface area contributed by atoms with Crippen LogP contribution in [0.4, 0.5) is 0 Å². The van der Waals surface area contributed by atoms with Crippen molar-refractivity contribution in [2.45, 2.75) is 57.6 Å². The lowest BCUT2D eigenvalue weighted by Crippen LogP contribution is -2.37. The normalized spacial score (nSPS) is 19.4. The molecule has 0 aliphatic carbocycles. The van der Waals surface area contributed by atoms with Gasteiger partial charge >= 0.3 is 0 Å². The number of carbonyl (C=O) groups is 1. The topological polar surface area (TPSA) is 53.4 Å². The molecule has 2 atom stereocenters. The average molecular weight is 332 g/mol. The minimum Gasteiger partial charge on any atom is -0.393 e. The summed E-state index contributed by atoms with van der Waals surface area (Å²) in [5.41, 5.74) is 1.05. The van der Waals surface area contributed by atoms with Gasteiger partial charge in [-0.1, -0.05) is 12.1 Å². The highest BCUT2D eigenvalue weighted by atomic mass is 32.1. The molecule has 0 bridgehead atoms. The Hall–Kier alpha value is -1.46. The fourth-order valence-corrected chi connectivity index (χ4v) is 4.37. The Balaban J connectivity index is 1.50. The van der Waals surface area contributed by atoms with Gasteiger partial charge in [0.2, 0.25) is 5.91 Å². The van der Waals surface area contributed by atoms with Crippen LogP contribution in [0.1, 0.15) is 44.0 Å². The van der Waals surface area contributed by atoms with Crippen LogP contribution in [0, 0.1) is 0 Å². The first-order valence-corrected chi connectivity index (χ1v) is 9.27. The van der Waals surface area contributed by atoms with Gasteiger partial charge in [-0.25, -0.2) is 4.98 Å². The second-order valence-electron chi connectivity index (χ2n) is 6.40. The molecule has 23 heavy (non-hydrogen) atoms. The lowest BCUT2D eigenvalue weighted by atomic mass is 10.1. The number of benzene rings is 1. The van der Waals surface area contributed by atoms with Crippen molar-refractivity contribution in [1.29, 1.82) is 0 Å². The van der Waals surface area contributed by atoms with Gasteiger partial charge in [0.15, 0.2) is 0 Å². The summed E-state index contributed by atoms with van der Waals surface area (Å²) < 4.78 is 1.21. The summed E-state index contributed by atoms with van der Waals surface area (Å²) in [6, 6.07) is 8.39. The number of fused-ring (bicyclic) bond motifs is 1. The standard InChI is InChI=1S/C18H24N2O2S/c1-13(21)12-14-6-5-11-20(14)18(22)10-4-9-17-19-15-7-2-3-8-16(15)23-17/h2-3,7-8,13-14,21H,4-6,9-12H2,1H3. The largest absolute Gasteiger partial charge is 0.393 e. The molecule has 1 fully saturated rings. The number of likely N-dealkylation sites (tertiary alicyclic amines) is 1. The van der Waals surface area contributed by atoms with Crippen LogP contribution < -0.4 is 0 Å². The van der Waals surface area contributed by atoms with Crippen LogP contribution in [0.15, 0.2) is 24.3 Å². The van der Waals surface area contributed by atoms with Crippen LogP contribution in [0.5, 0.6) is 0 Å². The highest BCUT2D eigenvalue weighted by Crippen LogP contribution is 2.25. The van der Waals surface area contributed by atoms with Crippen molar-refractivity contribution < 1.29 is 9.90 Å². The molecule has 1 aliphatic heterocycles. The number of rotatable bonds is 6. The van der Waals surface area contributed by atoms with Gasteiger partial charge in [-0.05, 0) is 51.2 Å². The van der Waals surface area contributed by atoms with Crippen molar-refractivity contribution in [2.24, 2.45) is 0 Å². The van der Waals surface area contributed by atoms with Gasteiger partial charge in [-0.3, -0.25) is 4.79 Å². The van der Waals surface area contributed by atoms with Crippen molar-refractivity contribution in [3.05, 3.63) is 29.3 Å². The number of hydrogen-bond acceptors (Lipinski definition) is 4. The fraction of sp³-hybridized carbons (Fsp3) is 0.556. The summed E-state index contributed by atoms with van der Waals surface area (Å²) in [6.45, 7) is 2.64. The van der Waals surface area contributed by atoms with Gasteiger partial charge in [0.25, 0.3) is 0 Å². The van der Waals surface area contributed by atoms with Gasteiger partial charge < -0.3 is 10.0 Å². The summed E-state index contributed by atoms with van der Waals surface area (Å²) >= 11 is 1.72. The summed E-state index contributed by atoms with van der Waals surface area (Å²) in [7, 11) is 0. The first-order valence-electron chi connectivity index (χ1n) is 8.45. The molecule has 2 aromatic rings. The predicted molar refractivity (Wildman–Crippen MR) is 93.6 cm³/mol. The Kier molecular flexibility index (Phi) is 5.28. The minimum absolute atomic E-state index is 0.227. The van der Waals surface area contributed by atoms with Crippen LogP contribution in [-0.4, -0.2) is 39.6 Å². The lowest BCUT2D eigenvalue weighted by molar-refractivity contribution is -0.132. The first-order chi connectivity index (χ1) is 11.1. The number of aryl methyl sites for hydroxylation is 1. The molecular formula is C18H24N2O2S. The number of para-hydroxylation sites is 1. The molecule has 2 heterocycles. The molecule has 3 rings (SSSR count). The molecule has 0 radical (unpaired) electrons. The maximum Gasteiger partial charge on any atom is 0.222 e. The fourth-order valence-electron chi connectivity index (χ4n) is 3.36. The summed E-state index contributed by atoms with van der Waals surface area (Å²) in [5.74, 6) is 0.231. The summed E-state index contributed by atoms with van der Waals surface area (Å²) in [6.07, 6.45) is 4.72. The zero-order chi connectivity index (χ0) is 16.2. The zero-order valence-electron chi connectivity index (χ0n) is 13.6. The van der Waals surface area contributed by atoms with E-state index in [2.05, 4.69) is 11.1 Å². The highest BCUT2D eigenvalue weighted by Gasteiger charge is 2.28. The maximum atomic E-state index is 12.4. The van der Waals surface area contributed by atoms with Gasteiger partial charge in [-0.2, -0.15) is 0 Å². The Morgan fingerprint density at radius 2 is 2.30 bits per heavy atom. The van der Waals surface area contributed by atoms with Crippen LogP contribution in [-0.2, 0) is 11.2 Å². The Morgan fingerprint density at radius 1 is 1.48 bits per heavy atom. The van der Waals surface area contributed by atoms with Crippen LogP contribution in [0.25, 0.3) is 10.2 Å². The van der Waals surface area contributed by atoms with Crippen molar-refractivity contribution in [3.8, 4) is 0 Å². The third-order valence-electron chi connectivity index (χ3n) is 4.43. The molecule has 1 saturated heterocycles. The van der Waals surface area contributed by atoms with Crippen LogP contribution in [0.2, 0.25) is 0 Å². The van der Waals surface area contributed by atoms with E-state index in [0.29, 0.717) is 12.8 Å². The van der Waals surface area contributed by atoms with E-state index in [1.165, 1.54) is 4.70 Å². The Bertz CT molecular complexity index is 635. The van der Waals surface area contributed by atoms with Crippen molar-refractivity contribution in [2.75, 3.05) is 6.54 Å². The molecule has 124 valence electrons. The second-order valence-corrected chi connectivity index (χ2v) is 7.51. The number of hydrogen-bond donors (Lipinski definition) is 1. The smallest absolute Gasteiger partial charge is 0.222 e. The molecule has 1 aliphatic rings. The van der Waals surface area contributed by atoms with Crippen molar-refractivity contribution in [3.63, 3.8) is 0 Å². The Morgan fingerprint density at radius 3 is 3.09 bits per heavy atom. The highest BCUT2D eigenvalue weighted by molar-refractivity contribution is 7.18. The molecule has 2 unspecified atom stereocenters. The van der Waals surface area contributed by atoms with E-state index in [1.807, 2.05) is 23.1 Å². The molecule has 1 aromatic heterocycles. The van der Waals surface area contributed by atoms with E-state index in [4.69, 9.17) is 0 Å².